The second kappa shape index (κ2) is 9.31. The Hall–Kier alpha value is -2.89. The lowest BCUT2D eigenvalue weighted by Gasteiger charge is -2.31. The lowest BCUT2D eigenvalue weighted by Crippen LogP contribution is -2.42. The molecule has 1 aromatic carbocycles. The van der Waals surface area contributed by atoms with E-state index in [0.717, 1.165) is 36.9 Å². The van der Waals surface area contributed by atoms with E-state index in [0.29, 0.717) is 37.7 Å². The normalized spacial score (nSPS) is 17.2. The lowest BCUT2D eigenvalue weighted by atomic mass is 9.84. The number of aromatic nitrogens is 1. The predicted molar refractivity (Wildman–Crippen MR) is 125 cm³/mol. The van der Waals surface area contributed by atoms with Crippen LogP contribution in [-0.2, 0) is 4.79 Å². The summed E-state index contributed by atoms with van der Waals surface area (Å²) < 4.78 is 1.57. The smallest absolute Gasteiger partial charge is 0.268 e. The number of carbonyl (C=O) groups excluding carboxylic acids is 2. The minimum atomic E-state index is -0.289. The Kier molecular flexibility index (Phi) is 6.49. The van der Waals surface area contributed by atoms with Gasteiger partial charge in [0.1, 0.15) is 5.56 Å². The number of hydrogen-bond acceptors (Lipinski definition) is 3. The molecule has 0 unspecified atom stereocenters. The van der Waals surface area contributed by atoms with Gasteiger partial charge in [0, 0.05) is 44.0 Å². The summed E-state index contributed by atoms with van der Waals surface area (Å²) in [4.78, 5) is 43.1. The van der Waals surface area contributed by atoms with E-state index in [1.807, 2.05) is 42.2 Å². The van der Waals surface area contributed by atoms with Gasteiger partial charge >= 0.3 is 0 Å². The van der Waals surface area contributed by atoms with Crippen molar-refractivity contribution in [3.8, 4) is 5.69 Å². The van der Waals surface area contributed by atoms with Gasteiger partial charge in [0.25, 0.3) is 11.5 Å². The third kappa shape index (κ3) is 4.36. The number of benzene rings is 1. The molecule has 0 radical (unpaired) electrons. The molecule has 1 aliphatic carbocycles. The number of amides is 2. The first-order valence-corrected chi connectivity index (χ1v) is 11.8. The standard InChI is InChI=1S/C26H33N3O3/c1-18(2)21-9-5-10-22(17-21)29-14-11-19(3)23(26(29)32)25(31)28-13-6-12-27(15-16-28)24(30)20-7-4-8-20/h5,9-11,14,17-18,20H,4,6-8,12-13,15-16H2,1-3H3. The maximum absolute atomic E-state index is 13.4. The number of nitrogens with zero attached hydrogens (tertiary/aromatic N) is 3. The fourth-order valence-electron chi connectivity index (χ4n) is 4.54. The highest BCUT2D eigenvalue weighted by Gasteiger charge is 2.31. The molecule has 2 aliphatic rings. The molecule has 32 heavy (non-hydrogen) atoms. The number of carbonyl (C=O) groups is 2. The Bertz CT molecular complexity index is 1070. The summed E-state index contributed by atoms with van der Waals surface area (Å²) in [5.74, 6) is 0.510. The molecule has 0 N–H and O–H groups in total. The van der Waals surface area contributed by atoms with Crippen molar-refractivity contribution in [1.29, 1.82) is 0 Å². The van der Waals surface area contributed by atoms with E-state index in [-0.39, 0.29) is 28.9 Å². The second-order valence-corrected chi connectivity index (χ2v) is 9.40. The molecular weight excluding hydrogens is 402 g/mol. The van der Waals surface area contributed by atoms with Crippen LogP contribution in [0.15, 0.2) is 41.3 Å². The number of pyridine rings is 1. The van der Waals surface area contributed by atoms with E-state index in [1.165, 1.54) is 0 Å². The minimum Gasteiger partial charge on any atom is -0.341 e. The van der Waals surface area contributed by atoms with Gasteiger partial charge in [0.2, 0.25) is 5.91 Å². The molecule has 2 fully saturated rings. The largest absolute Gasteiger partial charge is 0.341 e. The Labute approximate surface area is 189 Å². The molecule has 4 rings (SSSR count). The summed E-state index contributed by atoms with van der Waals surface area (Å²) in [5, 5.41) is 0. The fourth-order valence-corrected chi connectivity index (χ4v) is 4.54. The van der Waals surface area contributed by atoms with Gasteiger partial charge in [-0.3, -0.25) is 19.0 Å². The molecule has 1 saturated heterocycles. The van der Waals surface area contributed by atoms with Crippen molar-refractivity contribution in [2.45, 2.75) is 52.4 Å². The van der Waals surface area contributed by atoms with Crippen molar-refractivity contribution in [2.24, 2.45) is 5.92 Å². The van der Waals surface area contributed by atoms with Gasteiger partial charge in [-0.2, -0.15) is 0 Å². The average molecular weight is 436 g/mol. The van der Waals surface area contributed by atoms with E-state index in [4.69, 9.17) is 0 Å². The Morgan fingerprint density at radius 3 is 2.38 bits per heavy atom. The van der Waals surface area contributed by atoms with Crippen molar-refractivity contribution in [3.05, 3.63) is 63.6 Å². The highest BCUT2D eigenvalue weighted by atomic mass is 16.2. The maximum Gasteiger partial charge on any atom is 0.268 e. The van der Waals surface area contributed by atoms with Gasteiger partial charge in [-0.25, -0.2) is 0 Å². The summed E-state index contributed by atoms with van der Waals surface area (Å²) >= 11 is 0. The third-order valence-corrected chi connectivity index (χ3v) is 6.88. The van der Waals surface area contributed by atoms with E-state index in [1.54, 1.807) is 15.7 Å². The molecule has 0 bridgehead atoms. The fraction of sp³-hybridized carbons (Fsp3) is 0.500. The Balaban J connectivity index is 1.57. The molecule has 1 aliphatic heterocycles. The van der Waals surface area contributed by atoms with E-state index in [2.05, 4.69) is 13.8 Å². The Morgan fingerprint density at radius 1 is 0.969 bits per heavy atom. The molecule has 2 heterocycles. The first kappa shape index (κ1) is 22.3. The SMILES string of the molecule is Cc1ccn(-c2cccc(C(C)C)c2)c(=O)c1C(=O)N1CCCN(C(=O)C2CCC2)CC1. The van der Waals surface area contributed by atoms with E-state index >= 15 is 0 Å². The highest BCUT2D eigenvalue weighted by Crippen LogP contribution is 2.28. The van der Waals surface area contributed by atoms with E-state index < -0.39 is 0 Å². The van der Waals surface area contributed by atoms with Crippen molar-refractivity contribution >= 4 is 11.8 Å². The quantitative estimate of drug-likeness (QED) is 0.735. The molecule has 6 heteroatoms. The summed E-state index contributed by atoms with van der Waals surface area (Å²) in [6.45, 7) is 8.29. The number of aryl methyl sites for hydroxylation is 1. The average Bonchev–Trinajstić information content (AvgIpc) is 2.99. The van der Waals surface area contributed by atoms with Crippen LogP contribution in [-0.4, -0.2) is 52.4 Å². The summed E-state index contributed by atoms with van der Waals surface area (Å²) in [6.07, 6.45) is 5.59. The van der Waals surface area contributed by atoms with Gasteiger partial charge in [-0.05, 0) is 61.4 Å². The van der Waals surface area contributed by atoms with Crippen LogP contribution in [0.5, 0.6) is 0 Å². The summed E-state index contributed by atoms with van der Waals surface area (Å²) in [6, 6.07) is 9.73. The van der Waals surface area contributed by atoms with Crippen molar-refractivity contribution in [1.82, 2.24) is 14.4 Å². The van der Waals surface area contributed by atoms with Gasteiger partial charge in [-0.15, -0.1) is 0 Å². The summed E-state index contributed by atoms with van der Waals surface area (Å²) in [5.41, 5.74) is 2.53. The monoisotopic (exact) mass is 435 g/mol. The van der Waals surface area contributed by atoms with Crippen LogP contribution < -0.4 is 5.56 Å². The molecule has 1 saturated carbocycles. The molecular formula is C26H33N3O3. The molecule has 6 nitrogen and oxygen atoms in total. The second-order valence-electron chi connectivity index (χ2n) is 9.40. The molecule has 0 spiro atoms. The lowest BCUT2D eigenvalue weighted by molar-refractivity contribution is -0.138. The molecule has 0 atom stereocenters. The summed E-state index contributed by atoms with van der Waals surface area (Å²) in [7, 11) is 0. The van der Waals surface area contributed by atoms with Crippen LogP contribution in [0.4, 0.5) is 0 Å². The zero-order valence-corrected chi connectivity index (χ0v) is 19.3. The third-order valence-electron chi connectivity index (χ3n) is 6.88. The van der Waals surface area contributed by atoms with E-state index in [9.17, 15) is 14.4 Å². The maximum atomic E-state index is 13.4. The number of hydrogen-bond donors (Lipinski definition) is 0. The minimum absolute atomic E-state index is 0.169. The Morgan fingerprint density at radius 2 is 1.69 bits per heavy atom. The topological polar surface area (TPSA) is 62.6 Å². The van der Waals surface area contributed by atoms with Crippen LogP contribution in [0.25, 0.3) is 5.69 Å². The molecule has 2 amide bonds. The van der Waals surface area contributed by atoms with Gasteiger partial charge < -0.3 is 9.80 Å². The van der Waals surface area contributed by atoms with Gasteiger partial charge in [0.15, 0.2) is 0 Å². The molecule has 170 valence electrons. The number of rotatable bonds is 4. The molecule has 2 aromatic rings. The van der Waals surface area contributed by atoms with Crippen molar-refractivity contribution in [2.75, 3.05) is 26.2 Å². The first-order chi connectivity index (χ1) is 15.4. The zero-order chi connectivity index (χ0) is 22.8. The molecule has 1 aromatic heterocycles. The van der Waals surface area contributed by atoms with Crippen molar-refractivity contribution in [3.63, 3.8) is 0 Å². The first-order valence-electron chi connectivity index (χ1n) is 11.8. The predicted octanol–water partition coefficient (Wildman–Crippen LogP) is 3.74. The van der Waals surface area contributed by atoms with Crippen molar-refractivity contribution < 1.29 is 9.59 Å². The van der Waals surface area contributed by atoms with Gasteiger partial charge in [0.05, 0.1) is 0 Å². The zero-order valence-electron chi connectivity index (χ0n) is 19.3. The van der Waals surface area contributed by atoms with Crippen LogP contribution in [0, 0.1) is 12.8 Å². The van der Waals surface area contributed by atoms with Crippen LogP contribution in [0.2, 0.25) is 0 Å². The van der Waals surface area contributed by atoms with Crippen LogP contribution in [0.3, 0.4) is 0 Å². The van der Waals surface area contributed by atoms with Crippen LogP contribution >= 0.6 is 0 Å². The van der Waals surface area contributed by atoms with Crippen LogP contribution in [0.1, 0.15) is 66.9 Å². The van der Waals surface area contributed by atoms with Gasteiger partial charge in [-0.1, -0.05) is 32.4 Å². The highest BCUT2D eigenvalue weighted by molar-refractivity contribution is 5.95.